The summed E-state index contributed by atoms with van der Waals surface area (Å²) in [6, 6.07) is 4.80. The normalized spacial score (nSPS) is 22.0. The molecule has 0 aromatic heterocycles. The summed E-state index contributed by atoms with van der Waals surface area (Å²) in [5.41, 5.74) is 0.276. The number of carbonyl (C=O) groups excluding carboxylic acids is 1. The van der Waals surface area contributed by atoms with Crippen molar-refractivity contribution in [3.05, 3.63) is 71.0 Å². The fourth-order valence-corrected chi connectivity index (χ4v) is 3.60. The van der Waals surface area contributed by atoms with E-state index in [1.165, 1.54) is 12.1 Å². The number of nitrogens with zero attached hydrogens (tertiary/aromatic N) is 2. The van der Waals surface area contributed by atoms with Crippen LogP contribution in [0.2, 0.25) is 0 Å². The van der Waals surface area contributed by atoms with E-state index in [4.69, 9.17) is 9.47 Å². The highest BCUT2D eigenvalue weighted by Crippen LogP contribution is 2.54. The molecule has 0 saturated carbocycles. The molecule has 136 valence electrons. The van der Waals surface area contributed by atoms with E-state index in [-0.39, 0.29) is 12.3 Å². The second-order valence-corrected chi connectivity index (χ2v) is 6.61. The summed E-state index contributed by atoms with van der Waals surface area (Å²) >= 11 is 0. The summed E-state index contributed by atoms with van der Waals surface area (Å²) < 4.78 is 11.2. The van der Waals surface area contributed by atoms with Gasteiger partial charge in [-0.05, 0) is 37.6 Å². The van der Waals surface area contributed by atoms with Crippen LogP contribution in [-0.2, 0) is 19.7 Å². The monoisotopic (exact) mass is 356 g/mol. The number of carbonyl (C=O) groups is 1. The van der Waals surface area contributed by atoms with Gasteiger partial charge in [0.15, 0.2) is 0 Å². The maximum atomic E-state index is 11.4. The number of hydrogen-bond acceptors (Lipinski definition) is 6. The van der Waals surface area contributed by atoms with Crippen molar-refractivity contribution in [2.75, 3.05) is 18.1 Å². The zero-order valence-electron chi connectivity index (χ0n) is 14.7. The predicted molar refractivity (Wildman–Crippen MR) is 96.7 cm³/mol. The van der Waals surface area contributed by atoms with E-state index >= 15 is 0 Å². The highest BCUT2D eigenvalue weighted by atomic mass is 16.6. The Balaban J connectivity index is 2.05. The predicted octanol–water partition coefficient (Wildman–Crippen LogP) is 3.22. The number of nitro groups is 1. The molecule has 0 bridgehead atoms. The summed E-state index contributed by atoms with van der Waals surface area (Å²) in [5.74, 6) is -0.517. The molecule has 0 saturated heterocycles. The van der Waals surface area contributed by atoms with Crippen molar-refractivity contribution >= 4 is 17.3 Å². The molecule has 7 heteroatoms. The summed E-state index contributed by atoms with van der Waals surface area (Å²) in [6.45, 7) is 7.84. The van der Waals surface area contributed by atoms with Crippen LogP contribution in [0.25, 0.3) is 0 Å². The number of fused-ring (bicyclic) bond motifs is 1. The third-order valence-electron chi connectivity index (χ3n) is 4.94. The first-order valence-corrected chi connectivity index (χ1v) is 8.21. The van der Waals surface area contributed by atoms with Crippen LogP contribution in [0.5, 0.6) is 0 Å². The minimum absolute atomic E-state index is 0.0000161. The van der Waals surface area contributed by atoms with Crippen molar-refractivity contribution in [2.24, 2.45) is 0 Å². The van der Waals surface area contributed by atoms with E-state index in [0.29, 0.717) is 12.2 Å². The quantitative estimate of drug-likeness (QED) is 0.349. The molecule has 1 aromatic rings. The molecule has 0 N–H and O–H groups in total. The zero-order chi connectivity index (χ0) is 18.9. The summed E-state index contributed by atoms with van der Waals surface area (Å²) in [6.07, 6.45) is 8.29. The van der Waals surface area contributed by atoms with Crippen LogP contribution in [0, 0.1) is 10.1 Å². The minimum atomic E-state index is -0.861. The maximum Gasteiger partial charge on any atom is 0.330 e. The Morgan fingerprint density at radius 3 is 2.81 bits per heavy atom. The number of hydrogen-bond donors (Lipinski definition) is 0. The Hall–Kier alpha value is -3.09. The molecular weight excluding hydrogens is 336 g/mol. The first kappa shape index (κ1) is 17.7. The molecule has 1 atom stereocenters. The van der Waals surface area contributed by atoms with Gasteiger partial charge in [0.1, 0.15) is 6.61 Å². The second-order valence-electron chi connectivity index (χ2n) is 6.61. The number of non-ortho nitro benzene ring substituents is 1. The van der Waals surface area contributed by atoms with E-state index in [1.54, 1.807) is 18.4 Å². The lowest BCUT2D eigenvalue weighted by Crippen LogP contribution is -2.57. The molecule has 2 aliphatic rings. The Bertz CT molecular complexity index is 827. The second kappa shape index (κ2) is 6.33. The van der Waals surface area contributed by atoms with Crippen molar-refractivity contribution < 1.29 is 19.2 Å². The molecule has 0 fully saturated rings. The van der Waals surface area contributed by atoms with Gasteiger partial charge in [-0.1, -0.05) is 12.7 Å². The Kier molecular flexibility index (Phi) is 4.31. The highest BCUT2D eigenvalue weighted by molar-refractivity contribution is 5.81. The molecule has 2 heterocycles. The zero-order valence-corrected chi connectivity index (χ0v) is 14.7. The minimum Gasteiger partial charge on any atom is -0.471 e. The van der Waals surface area contributed by atoms with Crippen molar-refractivity contribution in [1.82, 2.24) is 0 Å². The summed E-state index contributed by atoms with van der Waals surface area (Å²) in [7, 11) is 0. The van der Waals surface area contributed by atoms with Gasteiger partial charge in [-0.3, -0.25) is 10.1 Å². The SMILES string of the molecule is C=CC(=O)OCCN1c2cc([N+](=O)[O-])ccc2C(C)(C)C12C=CC=CO2. The number of benzene rings is 1. The molecule has 0 aliphatic carbocycles. The van der Waals surface area contributed by atoms with Crippen LogP contribution in [0.3, 0.4) is 0 Å². The van der Waals surface area contributed by atoms with Gasteiger partial charge in [-0.15, -0.1) is 0 Å². The molecule has 1 spiro atoms. The van der Waals surface area contributed by atoms with E-state index in [0.717, 1.165) is 11.6 Å². The van der Waals surface area contributed by atoms with E-state index in [2.05, 4.69) is 6.58 Å². The van der Waals surface area contributed by atoms with Crippen LogP contribution in [0.4, 0.5) is 11.4 Å². The van der Waals surface area contributed by atoms with Gasteiger partial charge in [-0.2, -0.15) is 0 Å². The lowest BCUT2D eigenvalue weighted by Gasteiger charge is -2.45. The number of allylic oxidation sites excluding steroid dienone is 2. The molecule has 3 rings (SSSR count). The van der Waals surface area contributed by atoms with Gasteiger partial charge in [0.25, 0.3) is 5.69 Å². The van der Waals surface area contributed by atoms with Crippen LogP contribution >= 0.6 is 0 Å². The van der Waals surface area contributed by atoms with Gasteiger partial charge in [0.2, 0.25) is 5.72 Å². The summed E-state index contributed by atoms with van der Waals surface area (Å²) in [5, 5.41) is 11.2. The topological polar surface area (TPSA) is 81.9 Å². The lowest BCUT2D eigenvalue weighted by atomic mass is 9.77. The molecule has 0 amide bonds. The largest absolute Gasteiger partial charge is 0.471 e. The van der Waals surface area contributed by atoms with Crippen LogP contribution in [0.1, 0.15) is 19.4 Å². The molecular formula is C19H20N2O5. The van der Waals surface area contributed by atoms with Crippen molar-refractivity contribution in [3.8, 4) is 0 Å². The van der Waals surface area contributed by atoms with Crippen LogP contribution in [0.15, 0.2) is 55.3 Å². The van der Waals surface area contributed by atoms with Gasteiger partial charge in [0.05, 0.1) is 28.8 Å². The lowest BCUT2D eigenvalue weighted by molar-refractivity contribution is -0.384. The third kappa shape index (κ3) is 2.56. The molecule has 26 heavy (non-hydrogen) atoms. The van der Waals surface area contributed by atoms with E-state index < -0.39 is 22.0 Å². The first-order valence-electron chi connectivity index (χ1n) is 8.21. The number of ether oxygens (including phenoxy) is 2. The van der Waals surface area contributed by atoms with Crippen molar-refractivity contribution in [1.29, 1.82) is 0 Å². The van der Waals surface area contributed by atoms with Crippen LogP contribution in [-0.4, -0.2) is 29.8 Å². The van der Waals surface area contributed by atoms with E-state index in [1.807, 2.05) is 30.9 Å². The maximum absolute atomic E-state index is 11.4. The highest BCUT2D eigenvalue weighted by Gasteiger charge is 2.58. The number of anilines is 1. The van der Waals surface area contributed by atoms with Crippen molar-refractivity contribution in [3.63, 3.8) is 0 Å². The molecule has 2 aliphatic heterocycles. The average molecular weight is 356 g/mol. The molecule has 1 aromatic carbocycles. The Morgan fingerprint density at radius 1 is 1.42 bits per heavy atom. The fraction of sp³-hybridized carbons (Fsp3) is 0.316. The van der Waals surface area contributed by atoms with Gasteiger partial charge in [0, 0.05) is 18.2 Å². The molecule has 1 unspecified atom stereocenters. The Labute approximate surface area is 151 Å². The van der Waals surface area contributed by atoms with Crippen molar-refractivity contribution in [2.45, 2.75) is 25.0 Å². The fourth-order valence-electron chi connectivity index (χ4n) is 3.60. The smallest absolute Gasteiger partial charge is 0.330 e. The van der Waals surface area contributed by atoms with Gasteiger partial charge >= 0.3 is 5.97 Å². The van der Waals surface area contributed by atoms with Gasteiger partial charge in [-0.25, -0.2) is 4.79 Å². The molecule has 7 nitrogen and oxygen atoms in total. The standard InChI is InChI=1S/C19H20N2O5/c1-4-17(22)25-12-10-20-16-13-14(21(23)24)7-8-15(16)18(2,3)19(20)9-5-6-11-26-19/h4-9,11,13H,1,10,12H2,2-3H3. The third-order valence-corrected chi connectivity index (χ3v) is 4.94. The van der Waals surface area contributed by atoms with Crippen LogP contribution < -0.4 is 4.90 Å². The number of nitro benzene ring substituents is 1. The van der Waals surface area contributed by atoms with E-state index in [9.17, 15) is 14.9 Å². The van der Waals surface area contributed by atoms with Gasteiger partial charge < -0.3 is 14.4 Å². The molecule has 0 radical (unpaired) electrons. The first-order chi connectivity index (χ1) is 12.3. The summed E-state index contributed by atoms with van der Waals surface area (Å²) in [4.78, 5) is 24.1. The average Bonchev–Trinajstić information content (AvgIpc) is 2.80. The Morgan fingerprint density at radius 2 is 2.19 bits per heavy atom. The number of rotatable bonds is 5. The number of esters is 1.